The molecule has 556 valence electrons. The van der Waals surface area contributed by atoms with E-state index in [1.165, 1.54) is 10.6 Å². The van der Waals surface area contributed by atoms with Gasteiger partial charge in [-0.15, -0.1) is 0 Å². The first kappa shape index (κ1) is 80.3. The number of hydrogen-bond acceptors (Lipinski definition) is 23. The van der Waals surface area contributed by atoms with Crippen molar-refractivity contribution < 1.29 is 99.8 Å². The lowest BCUT2D eigenvalue weighted by atomic mass is 9.81. The second-order valence-electron chi connectivity index (χ2n) is 24.0. The van der Waals surface area contributed by atoms with Crippen molar-refractivity contribution in [2.24, 2.45) is 16.8 Å². The third kappa shape index (κ3) is 24.9. The monoisotopic (exact) mass is 1420 g/mol. The van der Waals surface area contributed by atoms with Gasteiger partial charge in [0.05, 0.1) is 180 Å². The maximum Gasteiger partial charge on any atom is 0.407 e. The fourth-order valence-corrected chi connectivity index (χ4v) is 11.4. The van der Waals surface area contributed by atoms with Crippen LogP contribution in [0.3, 0.4) is 0 Å². The number of aryl methyl sites for hydroxylation is 1. The molecule has 101 heavy (non-hydrogen) atoms. The number of primary amides is 1. The summed E-state index contributed by atoms with van der Waals surface area (Å²) in [6, 6.07) is 5.86. The van der Waals surface area contributed by atoms with E-state index in [2.05, 4.69) is 36.6 Å². The minimum absolute atomic E-state index is 0.0458. The summed E-state index contributed by atoms with van der Waals surface area (Å²) < 4.78 is 88.2. The van der Waals surface area contributed by atoms with Gasteiger partial charge in [0, 0.05) is 52.7 Å². The number of nitrogens with one attached hydrogen (secondary N) is 5. The van der Waals surface area contributed by atoms with Crippen LogP contribution in [-0.2, 0) is 113 Å². The van der Waals surface area contributed by atoms with Crippen LogP contribution in [0.2, 0.25) is 0 Å². The van der Waals surface area contributed by atoms with E-state index in [9.17, 15) is 38.7 Å². The lowest BCUT2D eigenvalue weighted by Crippen LogP contribution is -2.54. The van der Waals surface area contributed by atoms with Gasteiger partial charge in [-0.2, -0.15) is 0 Å². The number of amides is 6. The first-order valence-electron chi connectivity index (χ1n) is 34.1. The lowest BCUT2D eigenvalue weighted by molar-refractivity contribution is -0.172. The Hall–Kier alpha value is -8.02. The normalized spacial score (nSPS) is 15.6. The highest BCUT2D eigenvalue weighted by atomic mass is 19.1. The zero-order valence-corrected chi connectivity index (χ0v) is 57.9. The van der Waals surface area contributed by atoms with Gasteiger partial charge in [0.25, 0.3) is 5.56 Å². The van der Waals surface area contributed by atoms with E-state index in [4.69, 9.17) is 77.8 Å². The number of halogens is 1. The van der Waals surface area contributed by atoms with Crippen LogP contribution in [-0.4, -0.2) is 221 Å². The average Bonchev–Trinajstić information content (AvgIpc) is 1.61. The summed E-state index contributed by atoms with van der Waals surface area (Å²) in [6.07, 6.45) is 0.271. The standard InChI is InChI=1S/C68H96FN11O21/c1-5-68(88)51-39-56-61-49(41-80(56)64(84)50(51)43-100-65(68)85)59-53(13-12-48-45(4)52(69)40-55(75-61)58(48)59)77-67(87)101-42-46-8-10-47(11-9-46)74-62(82)54(7-6-15-72-66(70)86)76-63(83)60(44(2)3)78-57(81)14-17-89-19-21-91-23-25-93-27-29-95-31-33-97-35-37-99-38-36-98-34-32-96-30-28-94-26-24-92-22-20-90-18-16-73-79-71/h8-11,39-40,44,53-54,60,88H,5-7,12-38,41-43H2,1-4H3,(H,74,82)(H,76,83)(H,77,87)(H,78,81)(H3,70,72,86)/t53-,54-,60-,68-/m0/s1. The van der Waals surface area contributed by atoms with Crippen molar-refractivity contribution in [2.75, 3.05) is 164 Å². The third-order valence-electron chi connectivity index (χ3n) is 16.7. The van der Waals surface area contributed by atoms with Gasteiger partial charge in [-0.3, -0.25) is 19.2 Å². The Morgan fingerprint density at radius 2 is 1.31 bits per heavy atom. The minimum atomic E-state index is -2.05. The maximum absolute atomic E-state index is 15.5. The topological polar surface area (TPSA) is 412 Å². The molecule has 1 aliphatic carbocycles. The zero-order chi connectivity index (χ0) is 72.4. The Morgan fingerprint density at radius 3 is 1.83 bits per heavy atom. The lowest BCUT2D eigenvalue weighted by Gasteiger charge is -2.31. The zero-order valence-electron chi connectivity index (χ0n) is 57.9. The number of aromatic nitrogens is 2. The summed E-state index contributed by atoms with van der Waals surface area (Å²) in [7, 11) is 0. The Morgan fingerprint density at radius 1 is 0.762 bits per heavy atom. The molecule has 0 saturated carbocycles. The van der Waals surface area contributed by atoms with Gasteiger partial charge in [0.1, 0.15) is 31.1 Å². The van der Waals surface area contributed by atoms with E-state index in [0.29, 0.717) is 195 Å². The van der Waals surface area contributed by atoms with Crippen LogP contribution >= 0.6 is 0 Å². The summed E-state index contributed by atoms with van der Waals surface area (Å²) >= 11 is 0. The number of benzene rings is 2. The van der Waals surface area contributed by atoms with E-state index in [1.807, 2.05) is 0 Å². The van der Waals surface area contributed by atoms with Crippen LogP contribution in [0.25, 0.3) is 32.7 Å². The fraction of sp³-hybridized carbons (Fsp3) is 0.618. The molecule has 6 amide bonds. The quantitative estimate of drug-likeness (QED) is 0.00936. The molecule has 2 aromatic carbocycles. The van der Waals surface area contributed by atoms with Gasteiger partial charge in [-0.1, -0.05) is 38.0 Å². The highest BCUT2D eigenvalue weighted by Gasteiger charge is 2.46. The van der Waals surface area contributed by atoms with Crippen molar-refractivity contribution in [1.82, 2.24) is 30.8 Å². The number of nitrogens with two attached hydrogens (primary N) is 1. The van der Waals surface area contributed by atoms with Crippen molar-refractivity contribution in [3.63, 3.8) is 0 Å². The first-order chi connectivity index (χ1) is 48.9. The summed E-state index contributed by atoms with van der Waals surface area (Å²) in [5, 5.41) is 29.3. The van der Waals surface area contributed by atoms with Crippen LogP contribution in [0.1, 0.15) is 97.9 Å². The summed E-state index contributed by atoms with van der Waals surface area (Å²) in [5.74, 6) is -3.33. The number of esters is 1. The SMILES string of the molecule is CC[C@@]1(O)C(=O)OCc2c1cc1n(c2=O)Cc2c-1nc1cc(F)c(C)c3c1c2[C@@H](NC(=O)OCc1ccc(NC(=O)[C@H](CCCNC(N)=O)NC(=O)[C@@H](NC(=O)CCOCCOCCOCCOCCOCCOCCOCCOCCOCCOCCOCCN=[N+]=[N-])C(C)C)cc1)CC3. The molecule has 2 aliphatic heterocycles. The fourth-order valence-electron chi connectivity index (χ4n) is 11.4. The number of anilines is 1. The number of carbonyl (C=O) groups excluding carboxylic acids is 6. The summed E-state index contributed by atoms with van der Waals surface area (Å²) in [6.45, 7) is 15.3. The average molecular weight is 1420 g/mol. The van der Waals surface area contributed by atoms with E-state index in [-0.39, 0.29) is 88.9 Å². The molecule has 8 N–H and O–H groups in total. The minimum Gasteiger partial charge on any atom is -0.458 e. The Labute approximate surface area is 584 Å². The molecule has 0 unspecified atom stereocenters. The molecule has 33 heteroatoms. The second-order valence-corrected chi connectivity index (χ2v) is 24.0. The predicted molar refractivity (Wildman–Crippen MR) is 362 cm³/mol. The molecule has 0 saturated heterocycles. The highest BCUT2D eigenvalue weighted by molar-refractivity contribution is 5.99. The van der Waals surface area contributed by atoms with Gasteiger partial charge >= 0.3 is 18.1 Å². The number of carbonyl (C=O) groups is 6. The molecular weight excluding hydrogens is 1330 g/mol. The molecule has 0 bridgehead atoms. The van der Waals surface area contributed by atoms with E-state index >= 15 is 4.39 Å². The number of aliphatic hydroxyl groups is 1. The Bertz CT molecular complexity index is 3470. The van der Waals surface area contributed by atoms with Gasteiger partial charge < -0.3 is 104 Å². The first-order valence-corrected chi connectivity index (χ1v) is 34.1. The number of fused-ring (bicyclic) bond motifs is 5. The molecule has 4 heterocycles. The number of nitrogens with zero attached hydrogens (tertiary/aromatic N) is 5. The van der Waals surface area contributed by atoms with E-state index in [1.54, 1.807) is 58.0 Å². The Balaban J connectivity index is 0.736. The molecule has 7 rings (SSSR count). The molecule has 0 spiro atoms. The van der Waals surface area contributed by atoms with Gasteiger partial charge in [0.15, 0.2) is 5.60 Å². The molecular formula is C68H96FN11O21. The maximum atomic E-state index is 15.5. The van der Waals surface area contributed by atoms with Gasteiger partial charge in [-0.25, -0.2) is 23.8 Å². The van der Waals surface area contributed by atoms with Crippen molar-refractivity contribution in [2.45, 2.75) is 110 Å². The number of alkyl carbamates (subject to hydrolysis) is 1. The van der Waals surface area contributed by atoms with Gasteiger partial charge in [0.2, 0.25) is 17.7 Å². The second kappa shape index (κ2) is 43.1. The number of ether oxygens (including phenoxy) is 13. The smallest absolute Gasteiger partial charge is 0.407 e. The van der Waals surface area contributed by atoms with Crippen molar-refractivity contribution in [1.29, 1.82) is 0 Å². The number of urea groups is 1. The molecule has 3 aliphatic rings. The largest absolute Gasteiger partial charge is 0.458 e. The third-order valence-corrected chi connectivity index (χ3v) is 16.7. The van der Waals surface area contributed by atoms with Crippen LogP contribution in [0.5, 0.6) is 0 Å². The molecule has 0 fully saturated rings. The van der Waals surface area contributed by atoms with Crippen molar-refractivity contribution >= 4 is 52.4 Å². The summed E-state index contributed by atoms with van der Waals surface area (Å²) in [4.78, 5) is 100. The van der Waals surface area contributed by atoms with Crippen molar-refractivity contribution in [3.05, 3.63) is 102 Å². The predicted octanol–water partition coefficient (Wildman–Crippen LogP) is 4.34. The number of azide groups is 1. The molecule has 32 nitrogen and oxygen atoms in total. The Kier molecular flexibility index (Phi) is 34.2. The highest BCUT2D eigenvalue weighted by Crippen LogP contribution is 2.46. The molecule has 0 radical (unpaired) electrons. The van der Waals surface area contributed by atoms with Crippen LogP contribution in [0.4, 0.5) is 19.7 Å². The van der Waals surface area contributed by atoms with E-state index in [0.717, 1.165) is 5.56 Å². The van der Waals surface area contributed by atoms with Gasteiger partial charge in [-0.05, 0) is 90.9 Å². The molecule has 2 aromatic heterocycles. The molecule has 4 atom stereocenters. The van der Waals surface area contributed by atoms with Crippen LogP contribution in [0.15, 0.2) is 46.3 Å². The number of rotatable bonds is 50. The molecule has 4 aromatic rings. The van der Waals surface area contributed by atoms with Crippen LogP contribution in [0, 0.1) is 18.7 Å². The van der Waals surface area contributed by atoms with Crippen LogP contribution < -0.4 is 37.9 Å². The van der Waals surface area contributed by atoms with E-state index < -0.39 is 70.9 Å². The summed E-state index contributed by atoms with van der Waals surface area (Å²) in [5.41, 5.74) is 15.6. The number of hydrogen-bond donors (Lipinski definition) is 7. The van der Waals surface area contributed by atoms with Crippen molar-refractivity contribution in [3.8, 4) is 11.4 Å². The number of pyridine rings is 2. The number of cyclic esters (lactones) is 1.